The molecule has 0 atom stereocenters. The Morgan fingerprint density at radius 1 is 0.370 bits per heavy atom. The van der Waals surface area contributed by atoms with Gasteiger partial charge in [-0.1, -0.05) is 206 Å². The van der Waals surface area contributed by atoms with Crippen LogP contribution in [0.15, 0.2) is 24.3 Å². The Morgan fingerprint density at radius 3 is 0.981 bits per heavy atom. The smallest absolute Gasteiger partial charge is 0.233 e. The minimum Gasteiger partial charge on any atom is -0.494 e. The van der Waals surface area contributed by atoms with E-state index in [0.717, 1.165) is 37.4 Å². The predicted molar refractivity (Wildman–Crippen MR) is 237 cm³/mol. The van der Waals surface area contributed by atoms with Gasteiger partial charge in [-0.25, -0.2) is 0 Å². The first-order valence-electron chi connectivity index (χ1n) is 23.5. The van der Waals surface area contributed by atoms with Crippen molar-refractivity contribution in [1.82, 2.24) is 15.0 Å². The standard InChI is InChI=1S/C47H86N6O/c1-4-7-9-11-13-15-17-19-21-23-25-27-29-31-33-35-41-48-45-51-46(53-47(52-45)50-43-37-39-44(40-38-43)54-6-3)49-42-36-34-32-30-28-26-24-22-20-18-16-14-12-10-8-5-2/h37-40H,4-36,41-42H2,1-3H3,(H3,48,49,50,51,52,53). The summed E-state index contributed by atoms with van der Waals surface area (Å²) in [5.41, 5.74) is 0.928. The van der Waals surface area contributed by atoms with Crippen molar-refractivity contribution >= 4 is 23.5 Å². The number of anilines is 4. The van der Waals surface area contributed by atoms with E-state index in [2.05, 4.69) is 29.8 Å². The molecule has 0 unspecified atom stereocenters. The first-order chi connectivity index (χ1) is 26.7. The summed E-state index contributed by atoms with van der Waals surface area (Å²) in [6, 6.07) is 7.95. The molecule has 2 rings (SSSR count). The first kappa shape index (κ1) is 47.6. The van der Waals surface area contributed by atoms with Gasteiger partial charge in [-0.15, -0.1) is 0 Å². The van der Waals surface area contributed by atoms with Crippen LogP contribution in [0.4, 0.5) is 23.5 Å². The number of nitrogens with one attached hydrogen (secondary N) is 3. The molecule has 0 aliphatic heterocycles. The number of nitrogens with zero attached hydrogens (tertiary/aromatic N) is 3. The van der Waals surface area contributed by atoms with E-state index >= 15 is 0 Å². The van der Waals surface area contributed by atoms with Crippen LogP contribution in [0.2, 0.25) is 0 Å². The molecule has 2 aromatic rings. The fourth-order valence-electron chi connectivity index (χ4n) is 7.27. The van der Waals surface area contributed by atoms with Gasteiger partial charge in [-0.2, -0.15) is 15.0 Å². The van der Waals surface area contributed by atoms with Crippen molar-refractivity contribution in [1.29, 1.82) is 0 Å². The van der Waals surface area contributed by atoms with E-state index in [4.69, 9.17) is 19.7 Å². The van der Waals surface area contributed by atoms with Gasteiger partial charge in [-0.05, 0) is 44.0 Å². The minimum absolute atomic E-state index is 0.554. The summed E-state index contributed by atoms with van der Waals surface area (Å²) in [5.74, 6) is 2.68. The number of rotatable bonds is 40. The van der Waals surface area contributed by atoms with E-state index < -0.39 is 0 Å². The molecule has 0 bridgehead atoms. The molecule has 0 saturated carbocycles. The molecule has 1 heterocycles. The van der Waals surface area contributed by atoms with E-state index in [1.807, 2.05) is 31.2 Å². The Bertz CT molecular complexity index is 1020. The zero-order chi connectivity index (χ0) is 38.4. The Morgan fingerprint density at radius 2 is 0.667 bits per heavy atom. The minimum atomic E-state index is 0.554. The molecule has 0 spiro atoms. The van der Waals surface area contributed by atoms with Crippen LogP contribution in [0.5, 0.6) is 5.75 Å². The van der Waals surface area contributed by atoms with Crippen LogP contribution in [-0.2, 0) is 0 Å². The van der Waals surface area contributed by atoms with Gasteiger partial charge >= 0.3 is 0 Å². The molecular weight excluding hydrogens is 665 g/mol. The second-order valence-corrected chi connectivity index (χ2v) is 15.8. The monoisotopic (exact) mass is 751 g/mol. The van der Waals surface area contributed by atoms with Crippen molar-refractivity contribution in [2.24, 2.45) is 0 Å². The Hall–Kier alpha value is -2.57. The SMILES string of the molecule is CCCCCCCCCCCCCCCCCCNc1nc(NCCCCCCCCCCCCCCCCCC)nc(Nc2ccc(OCC)cc2)n1. The second kappa shape index (κ2) is 36.1. The highest BCUT2D eigenvalue weighted by Crippen LogP contribution is 2.21. The van der Waals surface area contributed by atoms with Crippen molar-refractivity contribution in [2.45, 2.75) is 226 Å². The van der Waals surface area contributed by atoms with Gasteiger partial charge in [0.1, 0.15) is 5.75 Å². The number of unbranched alkanes of at least 4 members (excludes halogenated alkanes) is 30. The lowest BCUT2D eigenvalue weighted by Crippen LogP contribution is -2.12. The third-order valence-electron chi connectivity index (χ3n) is 10.7. The summed E-state index contributed by atoms with van der Waals surface area (Å²) in [6.07, 6.45) is 44.2. The number of ether oxygens (including phenoxy) is 1. The Kier molecular flexibility index (Phi) is 31.8. The fourth-order valence-corrected chi connectivity index (χ4v) is 7.27. The molecule has 1 aromatic heterocycles. The summed E-state index contributed by atoms with van der Waals surface area (Å²) in [4.78, 5) is 14.2. The molecule has 7 heteroatoms. The molecule has 54 heavy (non-hydrogen) atoms. The molecule has 0 fully saturated rings. The van der Waals surface area contributed by atoms with Gasteiger partial charge in [0.05, 0.1) is 6.61 Å². The largest absolute Gasteiger partial charge is 0.494 e. The lowest BCUT2D eigenvalue weighted by atomic mass is 10.0. The van der Waals surface area contributed by atoms with Crippen LogP contribution in [0.3, 0.4) is 0 Å². The molecule has 0 aliphatic rings. The Balaban J connectivity index is 1.60. The maximum atomic E-state index is 5.61. The van der Waals surface area contributed by atoms with Gasteiger partial charge in [0.15, 0.2) is 0 Å². The number of benzene rings is 1. The lowest BCUT2D eigenvalue weighted by Gasteiger charge is -2.12. The van der Waals surface area contributed by atoms with Gasteiger partial charge in [0.25, 0.3) is 0 Å². The molecule has 3 N–H and O–H groups in total. The van der Waals surface area contributed by atoms with E-state index in [-0.39, 0.29) is 0 Å². The van der Waals surface area contributed by atoms with Crippen LogP contribution in [0.1, 0.15) is 226 Å². The summed E-state index contributed by atoms with van der Waals surface area (Å²) in [5, 5.41) is 10.3. The zero-order valence-corrected chi connectivity index (χ0v) is 35.8. The first-order valence-corrected chi connectivity index (χ1v) is 23.5. The van der Waals surface area contributed by atoms with Gasteiger partial charge in [0, 0.05) is 18.8 Å². The average Bonchev–Trinajstić information content (AvgIpc) is 3.18. The van der Waals surface area contributed by atoms with Gasteiger partial charge in [-0.3, -0.25) is 0 Å². The molecule has 0 amide bonds. The van der Waals surface area contributed by atoms with Crippen LogP contribution in [0, 0.1) is 0 Å². The third kappa shape index (κ3) is 27.9. The molecular formula is C47H86N6O. The van der Waals surface area contributed by atoms with Crippen molar-refractivity contribution in [3.8, 4) is 5.75 Å². The van der Waals surface area contributed by atoms with E-state index in [1.165, 1.54) is 193 Å². The molecule has 7 nitrogen and oxygen atoms in total. The van der Waals surface area contributed by atoms with Crippen LogP contribution in [-0.4, -0.2) is 34.6 Å². The number of hydrogen-bond donors (Lipinski definition) is 3. The summed E-state index contributed by atoms with van der Waals surface area (Å²) >= 11 is 0. The van der Waals surface area contributed by atoms with E-state index in [1.54, 1.807) is 0 Å². The molecule has 310 valence electrons. The summed E-state index contributed by atoms with van der Waals surface area (Å²) < 4.78 is 5.61. The zero-order valence-electron chi connectivity index (χ0n) is 35.8. The van der Waals surface area contributed by atoms with Crippen LogP contribution < -0.4 is 20.7 Å². The topological polar surface area (TPSA) is 84.0 Å². The third-order valence-corrected chi connectivity index (χ3v) is 10.7. The quantitative estimate of drug-likeness (QED) is 0.0585. The van der Waals surface area contributed by atoms with Gasteiger partial charge < -0.3 is 20.7 Å². The fraction of sp³-hybridized carbons (Fsp3) is 0.809. The van der Waals surface area contributed by atoms with Crippen molar-refractivity contribution in [3.05, 3.63) is 24.3 Å². The maximum absolute atomic E-state index is 5.61. The highest BCUT2D eigenvalue weighted by molar-refractivity contribution is 5.56. The Labute approximate surface area is 334 Å². The molecule has 0 saturated heterocycles. The van der Waals surface area contributed by atoms with E-state index in [0.29, 0.717) is 24.5 Å². The molecule has 0 aliphatic carbocycles. The highest BCUT2D eigenvalue weighted by Gasteiger charge is 2.08. The molecule has 0 radical (unpaired) electrons. The maximum Gasteiger partial charge on any atom is 0.233 e. The van der Waals surface area contributed by atoms with Crippen LogP contribution in [0.25, 0.3) is 0 Å². The number of aromatic nitrogens is 3. The van der Waals surface area contributed by atoms with Crippen molar-refractivity contribution < 1.29 is 4.74 Å². The average molecular weight is 751 g/mol. The van der Waals surface area contributed by atoms with Gasteiger partial charge in [0.2, 0.25) is 17.8 Å². The summed E-state index contributed by atoms with van der Waals surface area (Å²) in [6.45, 7) is 9.01. The molecule has 1 aromatic carbocycles. The van der Waals surface area contributed by atoms with Crippen LogP contribution >= 0.6 is 0 Å². The summed E-state index contributed by atoms with van der Waals surface area (Å²) in [7, 11) is 0. The van der Waals surface area contributed by atoms with E-state index in [9.17, 15) is 0 Å². The van der Waals surface area contributed by atoms with Crippen molar-refractivity contribution in [3.63, 3.8) is 0 Å². The second-order valence-electron chi connectivity index (χ2n) is 15.8. The van der Waals surface area contributed by atoms with Crippen molar-refractivity contribution in [2.75, 3.05) is 35.6 Å². The normalized spacial score (nSPS) is 11.2. The predicted octanol–water partition coefficient (Wildman–Crippen LogP) is 15.4. The highest BCUT2D eigenvalue weighted by atomic mass is 16.5. The lowest BCUT2D eigenvalue weighted by molar-refractivity contribution is 0.340. The number of hydrogen-bond acceptors (Lipinski definition) is 7.